The van der Waals surface area contributed by atoms with Gasteiger partial charge in [-0.3, -0.25) is 14.8 Å². The Morgan fingerprint density at radius 2 is 2.07 bits per heavy atom. The molecule has 146 valence electrons. The van der Waals surface area contributed by atoms with Gasteiger partial charge in [-0.15, -0.1) is 0 Å². The minimum absolute atomic E-state index is 0.0246. The van der Waals surface area contributed by atoms with Gasteiger partial charge < -0.3 is 5.73 Å². The van der Waals surface area contributed by atoms with E-state index in [1.54, 1.807) is 12.4 Å². The molecule has 8 heteroatoms. The largest absolute Gasteiger partial charge is 0.384 e. The predicted octanol–water partition coefficient (Wildman–Crippen LogP) is 3.61. The first kappa shape index (κ1) is 17.9. The quantitative estimate of drug-likeness (QED) is 0.543. The van der Waals surface area contributed by atoms with Gasteiger partial charge in [0.1, 0.15) is 5.82 Å². The summed E-state index contributed by atoms with van der Waals surface area (Å²) in [6.07, 6.45) is 8.86. The number of rotatable bonds is 4. The highest BCUT2D eigenvalue weighted by Crippen LogP contribution is 2.46. The van der Waals surface area contributed by atoms with Gasteiger partial charge >= 0.3 is 0 Å². The number of H-pyrrole nitrogens is 1. The SMILES string of the molecule is N#CC[C@]1(n2cc(-c3cc(-c4cn[nH]c4N)cc4ncccc34)cn2)C[C@H](C#N)C1. The first-order chi connectivity index (χ1) is 14.6. The van der Waals surface area contributed by atoms with E-state index in [9.17, 15) is 10.5 Å². The van der Waals surface area contributed by atoms with E-state index >= 15 is 0 Å². The number of hydrogen-bond acceptors (Lipinski definition) is 6. The lowest BCUT2D eigenvalue weighted by Gasteiger charge is -2.43. The van der Waals surface area contributed by atoms with Crippen molar-refractivity contribution in [2.75, 3.05) is 5.73 Å². The van der Waals surface area contributed by atoms with Crippen LogP contribution in [0.5, 0.6) is 0 Å². The van der Waals surface area contributed by atoms with E-state index in [1.807, 2.05) is 35.3 Å². The molecule has 0 aliphatic heterocycles. The van der Waals surface area contributed by atoms with Crippen LogP contribution in [0.1, 0.15) is 19.3 Å². The predicted molar refractivity (Wildman–Crippen MR) is 111 cm³/mol. The third-order valence-electron chi connectivity index (χ3n) is 5.92. The molecular weight excluding hydrogens is 376 g/mol. The number of pyridine rings is 1. The van der Waals surface area contributed by atoms with Crippen LogP contribution in [-0.2, 0) is 5.54 Å². The molecule has 4 aromatic rings. The summed E-state index contributed by atoms with van der Waals surface area (Å²) in [4.78, 5) is 4.52. The Hall–Kier alpha value is -4.17. The van der Waals surface area contributed by atoms with Crippen molar-refractivity contribution in [1.82, 2.24) is 25.0 Å². The maximum Gasteiger partial charge on any atom is 0.126 e. The number of anilines is 1. The second kappa shape index (κ2) is 6.71. The molecule has 1 aliphatic rings. The Morgan fingerprint density at radius 3 is 2.80 bits per heavy atom. The number of benzene rings is 1. The molecule has 3 heterocycles. The smallest absolute Gasteiger partial charge is 0.126 e. The molecular formula is C22H18N8. The minimum Gasteiger partial charge on any atom is -0.384 e. The Kier molecular flexibility index (Phi) is 4.00. The zero-order valence-corrected chi connectivity index (χ0v) is 16.1. The Labute approximate surface area is 172 Å². The summed E-state index contributed by atoms with van der Waals surface area (Å²) >= 11 is 0. The molecule has 0 radical (unpaired) electrons. The van der Waals surface area contributed by atoms with E-state index in [1.165, 1.54) is 0 Å². The van der Waals surface area contributed by atoms with Crippen molar-refractivity contribution in [2.45, 2.75) is 24.8 Å². The van der Waals surface area contributed by atoms with Crippen molar-refractivity contribution in [3.63, 3.8) is 0 Å². The topological polar surface area (TPSA) is 133 Å². The van der Waals surface area contributed by atoms with E-state index in [0.29, 0.717) is 25.1 Å². The molecule has 0 atom stereocenters. The van der Waals surface area contributed by atoms with Crippen LogP contribution in [0.15, 0.2) is 49.1 Å². The summed E-state index contributed by atoms with van der Waals surface area (Å²) in [5.41, 5.74) is 10.1. The number of aromatic nitrogens is 5. The summed E-state index contributed by atoms with van der Waals surface area (Å²) in [6, 6.07) is 12.5. The Balaban J connectivity index is 1.63. The molecule has 30 heavy (non-hydrogen) atoms. The molecule has 0 amide bonds. The summed E-state index contributed by atoms with van der Waals surface area (Å²) in [5, 5.41) is 30.9. The normalized spacial score (nSPS) is 20.4. The van der Waals surface area contributed by atoms with Crippen LogP contribution < -0.4 is 5.73 Å². The number of nitrogens with zero attached hydrogens (tertiary/aromatic N) is 6. The fourth-order valence-electron chi connectivity index (χ4n) is 4.33. The van der Waals surface area contributed by atoms with Gasteiger partial charge in [0.15, 0.2) is 0 Å². The standard InChI is InChI=1S/C22H18N8/c23-4-3-22(8-14(9-22)10-24)30-13-16(11-28-30)18-6-15(19-12-27-29-21(19)25)7-20-17(18)2-1-5-26-20/h1-2,5-7,11-14H,3,8-9H2,(H3,25,27,29)/t14-,22-. The highest BCUT2D eigenvalue weighted by molar-refractivity contribution is 5.98. The van der Waals surface area contributed by atoms with Gasteiger partial charge in [-0.1, -0.05) is 6.07 Å². The van der Waals surface area contributed by atoms with Crippen LogP contribution >= 0.6 is 0 Å². The van der Waals surface area contributed by atoms with E-state index < -0.39 is 5.54 Å². The van der Waals surface area contributed by atoms with Gasteiger partial charge in [0.2, 0.25) is 0 Å². The second-order valence-electron chi connectivity index (χ2n) is 7.76. The minimum atomic E-state index is -0.409. The molecule has 1 fully saturated rings. The first-order valence-corrected chi connectivity index (χ1v) is 9.63. The number of fused-ring (bicyclic) bond motifs is 1. The number of nitriles is 2. The monoisotopic (exact) mass is 394 g/mol. The van der Waals surface area contributed by atoms with Gasteiger partial charge in [0, 0.05) is 28.9 Å². The molecule has 5 rings (SSSR count). The van der Waals surface area contributed by atoms with Crippen molar-refractivity contribution in [3.05, 3.63) is 49.1 Å². The number of nitrogens with one attached hydrogen (secondary N) is 1. The zero-order chi connectivity index (χ0) is 20.7. The average molecular weight is 394 g/mol. The molecule has 3 aromatic heterocycles. The molecule has 0 bridgehead atoms. The van der Waals surface area contributed by atoms with Gasteiger partial charge in [0.05, 0.1) is 47.9 Å². The molecule has 0 saturated heterocycles. The van der Waals surface area contributed by atoms with Crippen molar-refractivity contribution in [3.8, 4) is 34.4 Å². The summed E-state index contributed by atoms with van der Waals surface area (Å²) in [6.45, 7) is 0. The molecule has 1 aliphatic carbocycles. The average Bonchev–Trinajstić information content (AvgIpc) is 3.39. The fraction of sp³-hybridized carbons (Fsp3) is 0.227. The van der Waals surface area contributed by atoms with Gasteiger partial charge in [-0.05, 0) is 42.2 Å². The summed E-state index contributed by atoms with van der Waals surface area (Å²) in [7, 11) is 0. The molecule has 0 spiro atoms. The maximum atomic E-state index is 9.32. The lowest BCUT2D eigenvalue weighted by Crippen LogP contribution is -2.46. The third kappa shape index (κ3) is 2.70. The van der Waals surface area contributed by atoms with E-state index in [2.05, 4.69) is 38.5 Å². The number of aromatic amines is 1. The van der Waals surface area contributed by atoms with Crippen LogP contribution in [0.2, 0.25) is 0 Å². The highest BCUT2D eigenvalue weighted by Gasteiger charge is 2.46. The van der Waals surface area contributed by atoms with Crippen molar-refractivity contribution >= 4 is 16.7 Å². The van der Waals surface area contributed by atoms with E-state index in [-0.39, 0.29) is 5.92 Å². The Morgan fingerprint density at radius 1 is 1.20 bits per heavy atom. The molecule has 1 saturated carbocycles. The van der Waals surface area contributed by atoms with Crippen molar-refractivity contribution < 1.29 is 0 Å². The van der Waals surface area contributed by atoms with E-state index in [0.717, 1.165) is 33.2 Å². The molecule has 1 aromatic carbocycles. The summed E-state index contributed by atoms with van der Waals surface area (Å²) < 4.78 is 1.86. The molecule has 0 unspecified atom stereocenters. The zero-order valence-electron chi connectivity index (χ0n) is 16.1. The number of hydrogen-bond donors (Lipinski definition) is 2. The number of nitrogen functional groups attached to an aromatic ring is 1. The van der Waals surface area contributed by atoms with Crippen LogP contribution in [0.3, 0.4) is 0 Å². The van der Waals surface area contributed by atoms with Gasteiger partial charge in [-0.2, -0.15) is 20.7 Å². The van der Waals surface area contributed by atoms with Gasteiger partial charge in [-0.25, -0.2) is 0 Å². The van der Waals surface area contributed by atoms with E-state index in [4.69, 9.17) is 5.73 Å². The fourth-order valence-corrected chi connectivity index (χ4v) is 4.33. The Bertz CT molecular complexity index is 1330. The summed E-state index contributed by atoms with van der Waals surface area (Å²) in [5.74, 6) is 0.473. The number of nitrogens with two attached hydrogens (primary N) is 1. The third-order valence-corrected chi connectivity index (χ3v) is 5.92. The van der Waals surface area contributed by atoms with Crippen LogP contribution in [-0.4, -0.2) is 25.0 Å². The first-order valence-electron chi connectivity index (χ1n) is 9.63. The molecule has 8 nitrogen and oxygen atoms in total. The molecule has 3 N–H and O–H groups in total. The van der Waals surface area contributed by atoms with Crippen LogP contribution in [0, 0.1) is 28.6 Å². The van der Waals surface area contributed by atoms with Gasteiger partial charge in [0.25, 0.3) is 0 Å². The second-order valence-corrected chi connectivity index (χ2v) is 7.76. The van der Waals surface area contributed by atoms with Crippen LogP contribution in [0.4, 0.5) is 5.82 Å². The lowest BCUT2D eigenvalue weighted by atomic mass is 9.67. The highest BCUT2D eigenvalue weighted by atomic mass is 15.3. The van der Waals surface area contributed by atoms with Crippen molar-refractivity contribution in [2.24, 2.45) is 5.92 Å². The maximum absolute atomic E-state index is 9.32. The van der Waals surface area contributed by atoms with Crippen LogP contribution in [0.25, 0.3) is 33.2 Å². The lowest BCUT2D eigenvalue weighted by molar-refractivity contribution is 0.0882. The van der Waals surface area contributed by atoms with Crippen molar-refractivity contribution in [1.29, 1.82) is 10.5 Å².